The Morgan fingerprint density at radius 2 is 1.86 bits per heavy atom. The van der Waals surface area contributed by atoms with Gasteiger partial charge < -0.3 is 31.2 Å². The highest BCUT2D eigenvalue weighted by Gasteiger charge is 2.28. The summed E-state index contributed by atoms with van der Waals surface area (Å²) in [6, 6.07) is 7.28. The summed E-state index contributed by atoms with van der Waals surface area (Å²) in [5.41, 5.74) is 9.29. The number of amides is 3. The van der Waals surface area contributed by atoms with Gasteiger partial charge in [0.15, 0.2) is 0 Å². The van der Waals surface area contributed by atoms with Crippen molar-refractivity contribution >= 4 is 34.3 Å². The molecule has 1 aliphatic heterocycles. The third-order valence-electron chi connectivity index (χ3n) is 7.15. The molecule has 10 nitrogen and oxygen atoms in total. The van der Waals surface area contributed by atoms with Crippen LogP contribution in [0.25, 0.3) is 11.0 Å². The van der Waals surface area contributed by atoms with E-state index in [4.69, 9.17) is 5.73 Å². The zero-order valence-electron chi connectivity index (χ0n) is 20.0. The van der Waals surface area contributed by atoms with Crippen molar-refractivity contribution in [2.45, 2.75) is 37.6 Å². The van der Waals surface area contributed by atoms with Crippen LogP contribution in [0, 0.1) is 0 Å². The van der Waals surface area contributed by atoms with Crippen LogP contribution >= 0.6 is 0 Å². The lowest BCUT2D eigenvalue weighted by atomic mass is 9.82. The lowest BCUT2D eigenvalue weighted by molar-refractivity contribution is 0.102. The molecule has 0 spiro atoms. The number of nitrogens with zero attached hydrogens (tertiary/aromatic N) is 4. The highest BCUT2D eigenvalue weighted by Crippen LogP contribution is 2.37. The Hall–Kier alpha value is -3.66. The first-order chi connectivity index (χ1) is 17.0. The van der Waals surface area contributed by atoms with Gasteiger partial charge in [-0.1, -0.05) is 6.42 Å². The van der Waals surface area contributed by atoms with Crippen LogP contribution in [0.2, 0.25) is 0 Å². The average molecular weight is 477 g/mol. The standard InChI is InChI=1S/C25H32N8O2/c1-32-9-11-33(12-10-32)19-7-5-16(6-8-19)24(34)31-20-14-27-23-21(20)22(28-15-29-23)17-3-2-4-18(13-17)30-25(26)35/h5-8,14-15,17-18H,2-4,9-13H2,1H3,(H,31,34)(H3,26,30,35)(H,27,28,29). The number of nitrogens with one attached hydrogen (secondary N) is 3. The molecule has 2 unspecified atom stereocenters. The minimum Gasteiger partial charge on any atom is -0.369 e. The molecule has 1 saturated carbocycles. The minimum absolute atomic E-state index is 0.0204. The number of piperazine rings is 1. The van der Waals surface area contributed by atoms with Crippen molar-refractivity contribution in [3.05, 3.63) is 48.0 Å². The number of likely N-dealkylation sites (N-methyl/N-ethyl adjacent to an activating group) is 1. The van der Waals surface area contributed by atoms with Gasteiger partial charge in [0.2, 0.25) is 0 Å². The van der Waals surface area contributed by atoms with E-state index in [1.807, 2.05) is 24.3 Å². The quantitative estimate of drug-likeness (QED) is 0.448. The van der Waals surface area contributed by atoms with E-state index < -0.39 is 6.03 Å². The first kappa shape index (κ1) is 23.1. The Kier molecular flexibility index (Phi) is 6.54. The minimum atomic E-state index is -0.503. The van der Waals surface area contributed by atoms with Crippen LogP contribution in [0.15, 0.2) is 36.8 Å². The van der Waals surface area contributed by atoms with Gasteiger partial charge in [-0.25, -0.2) is 14.8 Å². The van der Waals surface area contributed by atoms with Crippen LogP contribution in [0.5, 0.6) is 0 Å². The number of carbonyl (C=O) groups excluding carboxylic acids is 2. The van der Waals surface area contributed by atoms with Crippen LogP contribution in [-0.4, -0.2) is 71.1 Å². The summed E-state index contributed by atoms with van der Waals surface area (Å²) in [5.74, 6) is -0.0389. The predicted molar refractivity (Wildman–Crippen MR) is 136 cm³/mol. The van der Waals surface area contributed by atoms with Gasteiger partial charge in [0.1, 0.15) is 12.0 Å². The van der Waals surface area contributed by atoms with Gasteiger partial charge >= 0.3 is 6.03 Å². The Balaban J connectivity index is 1.33. The lowest BCUT2D eigenvalue weighted by Gasteiger charge is -2.34. The van der Waals surface area contributed by atoms with E-state index in [1.165, 1.54) is 0 Å². The molecule has 2 aliphatic rings. The summed E-state index contributed by atoms with van der Waals surface area (Å²) >= 11 is 0. The second kappa shape index (κ2) is 9.91. The third kappa shape index (κ3) is 5.07. The van der Waals surface area contributed by atoms with Crippen LogP contribution in [0.3, 0.4) is 0 Å². The average Bonchev–Trinajstić information content (AvgIpc) is 3.27. The molecule has 0 radical (unpaired) electrons. The van der Waals surface area contributed by atoms with Crippen LogP contribution in [0.4, 0.5) is 16.2 Å². The van der Waals surface area contributed by atoms with Crippen molar-refractivity contribution in [1.82, 2.24) is 25.2 Å². The number of hydrogen-bond donors (Lipinski definition) is 4. The normalized spacial score (nSPS) is 21.1. The number of aromatic nitrogens is 3. The Morgan fingerprint density at radius 1 is 1.09 bits per heavy atom. The fourth-order valence-electron chi connectivity index (χ4n) is 5.25. The SMILES string of the molecule is CN1CCN(c2ccc(C(=O)Nc3c[nH]c4ncnc(C5CCCC(NC(N)=O)C5)c34)cc2)CC1. The molecule has 3 aromatic rings. The van der Waals surface area contributed by atoms with E-state index >= 15 is 0 Å². The highest BCUT2D eigenvalue weighted by molar-refractivity contribution is 6.09. The molecule has 35 heavy (non-hydrogen) atoms. The third-order valence-corrected chi connectivity index (χ3v) is 7.15. The summed E-state index contributed by atoms with van der Waals surface area (Å²) < 4.78 is 0. The molecule has 0 bridgehead atoms. The zero-order chi connectivity index (χ0) is 24.4. The van der Waals surface area contributed by atoms with Gasteiger partial charge in [0.05, 0.1) is 16.8 Å². The molecule has 1 aliphatic carbocycles. The van der Waals surface area contributed by atoms with Crippen molar-refractivity contribution in [3.63, 3.8) is 0 Å². The highest BCUT2D eigenvalue weighted by atomic mass is 16.2. The molecule has 5 rings (SSSR count). The van der Waals surface area contributed by atoms with Crippen LogP contribution in [0.1, 0.15) is 47.7 Å². The lowest BCUT2D eigenvalue weighted by Crippen LogP contribution is -2.44. The number of rotatable bonds is 5. The molecular formula is C25H32N8O2. The Bertz CT molecular complexity index is 1200. The van der Waals surface area contributed by atoms with Crippen molar-refractivity contribution in [2.24, 2.45) is 5.73 Å². The molecule has 3 amide bonds. The van der Waals surface area contributed by atoms with Gasteiger partial charge in [-0.2, -0.15) is 0 Å². The van der Waals surface area contributed by atoms with Crippen molar-refractivity contribution in [1.29, 1.82) is 0 Å². The number of hydrogen-bond acceptors (Lipinski definition) is 6. The second-order valence-corrected chi connectivity index (χ2v) is 9.55. The summed E-state index contributed by atoms with van der Waals surface area (Å²) in [6.45, 7) is 4.04. The van der Waals surface area contributed by atoms with E-state index in [9.17, 15) is 9.59 Å². The van der Waals surface area contributed by atoms with Crippen LogP contribution in [-0.2, 0) is 0 Å². The molecule has 184 valence electrons. The topological polar surface area (TPSA) is 132 Å². The maximum atomic E-state index is 13.1. The van der Waals surface area contributed by atoms with Gasteiger partial charge in [-0.05, 0) is 50.6 Å². The number of primary amides is 1. The van der Waals surface area contributed by atoms with E-state index in [0.29, 0.717) is 16.9 Å². The number of benzene rings is 1. The van der Waals surface area contributed by atoms with Gasteiger partial charge in [0, 0.05) is 55.6 Å². The number of aromatic amines is 1. The number of nitrogens with two attached hydrogens (primary N) is 1. The summed E-state index contributed by atoms with van der Waals surface area (Å²) in [7, 11) is 2.14. The number of H-pyrrole nitrogens is 1. The van der Waals surface area contributed by atoms with Crippen LogP contribution < -0.4 is 21.3 Å². The number of fused-ring (bicyclic) bond motifs is 1. The molecule has 2 aromatic heterocycles. The zero-order valence-corrected chi connectivity index (χ0v) is 20.0. The molecule has 10 heteroatoms. The van der Waals surface area contributed by atoms with Crippen molar-refractivity contribution in [3.8, 4) is 0 Å². The Labute approximate surface area is 204 Å². The fraction of sp³-hybridized carbons (Fsp3) is 0.440. The first-order valence-electron chi connectivity index (χ1n) is 12.2. The largest absolute Gasteiger partial charge is 0.369 e. The molecule has 2 atom stereocenters. The van der Waals surface area contributed by atoms with Gasteiger partial charge in [-0.3, -0.25) is 4.79 Å². The summed E-state index contributed by atoms with van der Waals surface area (Å²) in [4.78, 5) is 41.2. The number of anilines is 2. The first-order valence-corrected chi connectivity index (χ1v) is 12.2. The Morgan fingerprint density at radius 3 is 2.60 bits per heavy atom. The predicted octanol–water partition coefficient (Wildman–Crippen LogP) is 2.66. The van der Waals surface area contributed by atoms with Crippen molar-refractivity contribution in [2.75, 3.05) is 43.4 Å². The fourth-order valence-corrected chi connectivity index (χ4v) is 5.25. The van der Waals surface area contributed by atoms with E-state index in [-0.39, 0.29) is 17.9 Å². The molecule has 1 saturated heterocycles. The summed E-state index contributed by atoms with van der Waals surface area (Å²) in [6.07, 6.45) is 6.88. The van der Waals surface area contributed by atoms with Gasteiger partial charge in [0.25, 0.3) is 5.91 Å². The second-order valence-electron chi connectivity index (χ2n) is 9.55. The number of carbonyl (C=O) groups is 2. The molecule has 1 aromatic carbocycles. The maximum absolute atomic E-state index is 13.1. The van der Waals surface area contributed by atoms with E-state index in [2.05, 4.69) is 42.4 Å². The molecule has 3 heterocycles. The monoisotopic (exact) mass is 476 g/mol. The van der Waals surface area contributed by atoms with Crippen molar-refractivity contribution < 1.29 is 9.59 Å². The van der Waals surface area contributed by atoms with E-state index in [0.717, 1.165) is 68.6 Å². The summed E-state index contributed by atoms with van der Waals surface area (Å²) in [5, 5.41) is 6.70. The molecule has 2 fully saturated rings. The molecule has 5 N–H and O–H groups in total. The van der Waals surface area contributed by atoms with Gasteiger partial charge in [-0.15, -0.1) is 0 Å². The maximum Gasteiger partial charge on any atom is 0.312 e. The molecular weight excluding hydrogens is 444 g/mol. The number of urea groups is 1. The van der Waals surface area contributed by atoms with E-state index in [1.54, 1.807) is 12.5 Å². The smallest absolute Gasteiger partial charge is 0.312 e.